The molecule has 8 nitrogen and oxygen atoms in total. The van der Waals surface area contributed by atoms with Gasteiger partial charge >= 0.3 is 0 Å². The van der Waals surface area contributed by atoms with Gasteiger partial charge in [-0.05, 0) is 62.4 Å². The Kier molecular flexibility index (Phi) is 8.04. The Morgan fingerprint density at radius 1 is 1.00 bits per heavy atom. The number of phenolic OH excluding ortho intramolecular Hbond substituents is 1. The fraction of sp³-hybridized carbons (Fsp3) is 0.607. The Labute approximate surface area is 224 Å². The van der Waals surface area contributed by atoms with E-state index in [9.17, 15) is 5.11 Å². The summed E-state index contributed by atoms with van der Waals surface area (Å²) in [5.41, 5.74) is 3.47. The molecule has 0 amide bonds. The second kappa shape index (κ2) is 11.8. The van der Waals surface area contributed by atoms with Gasteiger partial charge in [0.2, 0.25) is 0 Å². The second-order valence-corrected chi connectivity index (χ2v) is 11.5. The molecule has 0 saturated carbocycles. The highest BCUT2D eigenvalue weighted by molar-refractivity contribution is 8.02. The minimum Gasteiger partial charge on any atom is -0.506 e. The third-order valence-electron chi connectivity index (χ3n) is 8.28. The largest absolute Gasteiger partial charge is 0.506 e. The molecule has 1 aromatic heterocycles. The van der Waals surface area contributed by atoms with Crippen LogP contribution in [0.2, 0.25) is 0 Å². The molecule has 2 aromatic rings. The summed E-state index contributed by atoms with van der Waals surface area (Å²) in [6.07, 6.45) is 6.71. The van der Waals surface area contributed by atoms with Gasteiger partial charge in [-0.3, -0.25) is 14.8 Å². The molecular formula is C28H40N6O2S. The number of aromatic nitrogens is 1. The first-order valence-electron chi connectivity index (χ1n) is 14.0. The maximum Gasteiger partial charge on any atom is 0.141 e. The molecule has 2 N–H and O–H groups in total. The van der Waals surface area contributed by atoms with E-state index in [1.807, 2.05) is 36.2 Å². The summed E-state index contributed by atoms with van der Waals surface area (Å²) in [4.78, 5) is 14.8. The first-order valence-corrected chi connectivity index (χ1v) is 14.9. The highest BCUT2D eigenvalue weighted by Gasteiger charge is 2.33. The van der Waals surface area contributed by atoms with Crippen molar-refractivity contribution in [2.24, 2.45) is 0 Å². The molecule has 2 atom stereocenters. The van der Waals surface area contributed by atoms with Crippen molar-refractivity contribution in [3.63, 3.8) is 0 Å². The van der Waals surface area contributed by atoms with Crippen LogP contribution in [0, 0.1) is 0 Å². The van der Waals surface area contributed by atoms with Crippen LogP contribution in [0.15, 0.2) is 41.6 Å². The number of likely N-dealkylation sites (tertiary alicyclic amines) is 1. The van der Waals surface area contributed by atoms with Gasteiger partial charge in [-0.25, -0.2) is 0 Å². The van der Waals surface area contributed by atoms with E-state index in [-0.39, 0.29) is 0 Å². The van der Waals surface area contributed by atoms with E-state index < -0.39 is 0 Å². The highest BCUT2D eigenvalue weighted by Crippen LogP contribution is 2.35. The maximum atomic E-state index is 10.8. The van der Waals surface area contributed by atoms with E-state index in [1.54, 1.807) is 0 Å². The van der Waals surface area contributed by atoms with E-state index in [0.717, 1.165) is 88.5 Å². The van der Waals surface area contributed by atoms with Gasteiger partial charge in [-0.1, -0.05) is 17.8 Å². The van der Waals surface area contributed by atoms with Gasteiger partial charge in [0.1, 0.15) is 16.9 Å². The van der Waals surface area contributed by atoms with Crippen molar-refractivity contribution in [2.45, 2.75) is 37.2 Å². The van der Waals surface area contributed by atoms with Crippen LogP contribution in [-0.4, -0.2) is 108 Å². The van der Waals surface area contributed by atoms with Crippen molar-refractivity contribution in [1.29, 1.82) is 0 Å². The monoisotopic (exact) mass is 524 g/mol. The normalized spacial score (nSPS) is 25.2. The van der Waals surface area contributed by atoms with E-state index in [2.05, 4.69) is 41.4 Å². The lowest BCUT2D eigenvalue weighted by Gasteiger charge is -2.36. The number of pyridine rings is 1. The van der Waals surface area contributed by atoms with Gasteiger partial charge in [0, 0.05) is 63.1 Å². The lowest BCUT2D eigenvalue weighted by atomic mass is 10.1. The lowest BCUT2D eigenvalue weighted by molar-refractivity contribution is 0.0288. The predicted octanol–water partition coefficient (Wildman–Crippen LogP) is 3.10. The van der Waals surface area contributed by atoms with Crippen LogP contribution in [0.5, 0.6) is 5.75 Å². The maximum absolute atomic E-state index is 10.8. The van der Waals surface area contributed by atoms with Crippen LogP contribution in [-0.2, 0) is 4.74 Å². The van der Waals surface area contributed by atoms with E-state index in [1.165, 1.54) is 31.6 Å². The fourth-order valence-electron chi connectivity index (χ4n) is 6.26. The van der Waals surface area contributed by atoms with Gasteiger partial charge in [0.05, 0.1) is 24.8 Å². The number of fused-ring (bicyclic) bond motifs is 1. The molecule has 4 aliphatic heterocycles. The highest BCUT2D eigenvalue weighted by atomic mass is 32.2. The van der Waals surface area contributed by atoms with Crippen molar-refractivity contribution in [3.8, 4) is 5.75 Å². The van der Waals surface area contributed by atoms with Crippen LogP contribution in [0.1, 0.15) is 25.7 Å². The number of phenols is 1. The molecule has 5 heterocycles. The summed E-state index contributed by atoms with van der Waals surface area (Å²) < 4.78 is 5.58. The summed E-state index contributed by atoms with van der Waals surface area (Å²) in [5, 5.41) is 18.2. The summed E-state index contributed by atoms with van der Waals surface area (Å²) in [6.45, 7) is 11.1. The van der Waals surface area contributed by atoms with Gasteiger partial charge in [-0.2, -0.15) is 0 Å². The SMILES string of the molecule is Oc1ccc2cccnc2c1N1CCCN(C(CCN2CCCC2)C2=CSC(N3CCOCC3)N2)CC1. The third kappa shape index (κ3) is 5.71. The molecule has 200 valence electrons. The summed E-state index contributed by atoms with van der Waals surface area (Å²) >= 11 is 1.92. The summed E-state index contributed by atoms with van der Waals surface area (Å²) in [6, 6.07) is 8.20. The van der Waals surface area contributed by atoms with Crippen molar-refractivity contribution in [3.05, 3.63) is 41.6 Å². The Balaban J connectivity index is 1.17. The summed E-state index contributed by atoms with van der Waals surface area (Å²) in [5.74, 6) is 0.329. The number of hydrogen-bond acceptors (Lipinski definition) is 9. The predicted molar refractivity (Wildman–Crippen MR) is 151 cm³/mol. The van der Waals surface area contributed by atoms with Crippen LogP contribution >= 0.6 is 11.8 Å². The molecule has 4 aliphatic rings. The third-order valence-corrected chi connectivity index (χ3v) is 9.35. The number of benzene rings is 1. The molecule has 2 unspecified atom stereocenters. The number of morpholine rings is 1. The number of aromatic hydroxyl groups is 1. The quantitative estimate of drug-likeness (QED) is 0.569. The molecular weight excluding hydrogens is 484 g/mol. The Hall–Kier alpha value is -2.04. The number of nitrogens with one attached hydrogen (secondary N) is 1. The van der Waals surface area contributed by atoms with E-state index in [0.29, 0.717) is 17.3 Å². The van der Waals surface area contributed by atoms with Gasteiger partial charge < -0.3 is 25.0 Å². The average Bonchev–Trinajstić information content (AvgIpc) is 3.59. The zero-order chi connectivity index (χ0) is 25.0. The fourth-order valence-corrected chi connectivity index (χ4v) is 7.35. The zero-order valence-electron chi connectivity index (χ0n) is 21.7. The van der Waals surface area contributed by atoms with Gasteiger partial charge in [0.15, 0.2) is 0 Å². The number of nitrogens with zero attached hydrogens (tertiary/aromatic N) is 5. The van der Waals surface area contributed by atoms with Gasteiger partial charge in [-0.15, -0.1) is 0 Å². The second-order valence-electron chi connectivity index (χ2n) is 10.6. The number of anilines is 1. The molecule has 0 spiro atoms. The molecule has 6 rings (SSSR count). The topological polar surface area (TPSA) is 67.3 Å². The van der Waals surface area contributed by atoms with Crippen molar-refractivity contribution in [1.82, 2.24) is 25.0 Å². The van der Waals surface area contributed by atoms with Crippen LogP contribution in [0.4, 0.5) is 5.69 Å². The standard InChI is InChI=1S/C28H40N6O2S/c35-25-7-6-22-5-3-9-29-26(22)27(25)33-13-4-12-32(15-16-33)24(8-14-31-10-1-2-11-31)23-21-37-28(30-23)34-17-19-36-20-18-34/h3,5-7,9,21,24,28,30,35H,1-2,4,8,10-20H2. The molecule has 3 fully saturated rings. The van der Waals surface area contributed by atoms with Gasteiger partial charge in [0.25, 0.3) is 0 Å². The van der Waals surface area contributed by atoms with Crippen LogP contribution < -0.4 is 10.2 Å². The zero-order valence-corrected chi connectivity index (χ0v) is 22.5. The number of hydrogen-bond donors (Lipinski definition) is 2. The van der Waals surface area contributed by atoms with Crippen LogP contribution in [0.25, 0.3) is 10.9 Å². The number of thioether (sulfide) groups is 1. The van der Waals surface area contributed by atoms with Crippen molar-refractivity contribution >= 4 is 28.4 Å². The summed E-state index contributed by atoms with van der Waals surface area (Å²) in [7, 11) is 0. The number of ether oxygens (including phenoxy) is 1. The Morgan fingerprint density at radius 3 is 2.73 bits per heavy atom. The molecule has 0 radical (unpaired) electrons. The molecule has 0 bridgehead atoms. The Morgan fingerprint density at radius 2 is 1.86 bits per heavy atom. The molecule has 9 heteroatoms. The van der Waals surface area contributed by atoms with Crippen molar-refractivity contribution in [2.75, 3.05) is 77.0 Å². The molecule has 3 saturated heterocycles. The Bertz CT molecular complexity index is 1090. The first kappa shape index (κ1) is 25.2. The van der Waals surface area contributed by atoms with E-state index >= 15 is 0 Å². The molecule has 37 heavy (non-hydrogen) atoms. The van der Waals surface area contributed by atoms with Crippen molar-refractivity contribution < 1.29 is 9.84 Å². The lowest BCUT2D eigenvalue weighted by Crippen LogP contribution is -2.50. The molecule has 0 aliphatic carbocycles. The minimum atomic E-state index is 0.315. The average molecular weight is 525 g/mol. The number of rotatable bonds is 7. The molecule has 1 aromatic carbocycles. The minimum absolute atomic E-state index is 0.315. The first-order chi connectivity index (χ1) is 18.3. The smallest absolute Gasteiger partial charge is 0.141 e. The van der Waals surface area contributed by atoms with E-state index in [4.69, 9.17) is 4.74 Å². The van der Waals surface area contributed by atoms with Crippen LogP contribution in [0.3, 0.4) is 0 Å².